The van der Waals surface area contributed by atoms with Crippen molar-refractivity contribution in [1.82, 2.24) is 20.2 Å². The Morgan fingerprint density at radius 2 is 2.14 bits per heavy atom. The monoisotopic (exact) mass is 405 g/mol. The Labute approximate surface area is 171 Å². The van der Waals surface area contributed by atoms with E-state index < -0.39 is 11.8 Å². The minimum Gasteiger partial charge on any atom is -0.461 e. The van der Waals surface area contributed by atoms with Gasteiger partial charge >= 0.3 is 6.01 Å². The number of piperidine rings is 1. The predicted octanol–water partition coefficient (Wildman–Crippen LogP) is 1.43. The lowest BCUT2D eigenvalue weighted by molar-refractivity contribution is 0.0445. The van der Waals surface area contributed by atoms with Gasteiger partial charge in [-0.15, -0.1) is 0 Å². The zero-order valence-electron chi connectivity index (χ0n) is 17.3. The highest BCUT2D eigenvalue weighted by molar-refractivity contribution is 5.52. The summed E-state index contributed by atoms with van der Waals surface area (Å²) in [6.45, 7) is 6.88. The van der Waals surface area contributed by atoms with E-state index in [1.165, 1.54) is 5.56 Å². The van der Waals surface area contributed by atoms with E-state index in [0.717, 1.165) is 63.3 Å². The van der Waals surface area contributed by atoms with Gasteiger partial charge in [0.05, 0.1) is 16.8 Å². The molecule has 4 aliphatic rings. The van der Waals surface area contributed by atoms with Crippen molar-refractivity contribution in [2.24, 2.45) is 0 Å². The number of aromatic nitrogens is 2. The number of aliphatic hydroxyl groups is 1. The van der Waals surface area contributed by atoms with Crippen molar-refractivity contribution < 1.29 is 14.2 Å². The highest BCUT2D eigenvalue weighted by Crippen LogP contribution is 2.40. The minimum absolute atomic E-state index is 0.202. The Hall–Kier alpha value is -1.51. The molecule has 29 heavy (non-hydrogen) atoms. The molecule has 5 rings (SSSR count). The third kappa shape index (κ3) is 3.70. The summed E-state index contributed by atoms with van der Waals surface area (Å²) in [6, 6.07) is 0.385. The van der Waals surface area contributed by atoms with Crippen LogP contribution in [-0.4, -0.2) is 76.6 Å². The fraction of sp³-hybridized carbons (Fsp3) is 0.810. The summed E-state index contributed by atoms with van der Waals surface area (Å²) < 4.78 is 20.2. The van der Waals surface area contributed by atoms with Crippen molar-refractivity contribution in [2.45, 2.75) is 69.3 Å². The van der Waals surface area contributed by atoms with E-state index in [2.05, 4.69) is 15.1 Å². The van der Waals surface area contributed by atoms with E-state index in [4.69, 9.17) is 14.7 Å². The van der Waals surface area contributed by atoms with Crippen molar-refractivity contribution in [3.63, 3.8) is 0 Å². The Balaban J connectivity index is 1.40. The van der Waals surface area contributed by atoms with Crippen LogP contribution in [0, 0.1) is 0 Å². The minimum atomic E-state index is -0.765. The number of alkyl halides is 1. The van der Waals surface area contributed by atoms with Gasteiger partial charge in [0.1, 0.15) is 18.6 Å². The zero-order chi connectivity index (χ0) is 20.1. The summed E-state index contributed by atoms with van der Waals surface area (Å²) in [5, 5.41) is 14.0. The fourth-order valence-corrected chi connectivity index (χ4v) is 5.69. The molecule has 1 aromatic heterocycles. The van der Waals surface area contributed by atoms with E-state index in [-0.39, 0.29) is 5.54 Å². The topological polar surface area (TPSA) is 73.8 Å². The molecule has 160 valence electrons. The van der Waals surface area contributed by atoms with Gasteiger partial charge in [-0.2, -0.15) is 9.97 Å². The van der Waals surface area contributed by atoms with Crippen LogP contribution in [0.15, 0.2) is 0 Å². The van der Waals surface area contributed by atoms with Crippen molar-refractivity contribution in [2.75, 3.05) is 44.2 Å². The highest BCUT2D eigenvalue weighted by atomic mass is 19.1. The van der Waals surface area contributed by atoms with E-state index in [1.54, 1.807) is 0 Å². The predicted molar refractivity (Wildman–Crippen MR) is 108 cm³/mol. The lowest BCUT2D eigenvalue weighted by Gasteiger charge is -2.39. The van der Waals surface area contributed by atoms with E-state index >= 15 is 0 Å². The molecule has 1 aromatic rings. The van der Waals surface area contributed by atoms with Crippen LogP contribution in [0.2, 0.25) is 0 Å². The molecule has 0 saturated carbocycles. The van der Waals surface area contributed by atoms with Crippen LogP contribution in [0.3, 0.4) is 0 Å². The number of β-amino-alcohol motifs (C(OH)–C–C–N with tert-alkyl or cyclic N) is 1. The maximum atomic E-state index is 14.1. The molecular weight excluding hydrogens is 373 g/mol. The number of nitrogens with zero attached hydrogens (tertiary/aromatic N) is 4. The number of halogens is 1. The molecule has 3 atom stereocenters. The van der Waals surface area contributed by atoms with Crippen LogP contribution in [-0.2, 0) is 13.0 Å². The quantitative estimate of drug-likeness (QED) is 0.785. The Morgan fingerprint density at radius 1 is 1.28 bits per heavy atom. The fourth-order valence-electron chi connectivity index (χ4n) is 5.69. The van der Waals surface area contributed by atoms with E-state index in [9.17, 15) is 9.50 Å². The lowest BCUT2D eigenvalue weighted by atomic mass is 9.94. The first-order chi connectivity index (χ1) is 13.9. The van der Waals surface area contributed by atoms with Crippen LogP contribution in [0.1, 0.15) is 50.3 Å². The van der Waals surface area contributed by atoms with E-state index in [0.29, 0.717) is 38.7 Å². The van der Waals surface area contributed by atoms with Gasteiger partial charge in [-0.25, -0.2) is 4.39 Å². The van der Waals surface area contributed by atoms with Gasteiger partial charge in [0.15, 0.2) is 0 Å². The van der Waals surface area contributed by atoms with Gasteiger partial charge in [0.25, 0.3) is 0 Å². The van der Waals surface area contributed by atoms with Gasteiger partial charge in [0.2, 0.25) is 0 Å². The van der Waals surface area contributed by atoms with Gasteiger partial charge in [-0.1, -0.05) is 0 Å². The number of ether oxygens (including phenoxy) is 1. The molecule has 0 aromatic carbocycles. The van der Waals surface area contributed by atoms with Gasteiger partial charge in [0, 0.05) is 38.2 Å². The summed E-state index contributed by atoms with van der Waals surface area (Å²) in [6.07, 6.45) is 4.48. The molecule has 0 unspecified atom stereocenters. The number of anilines is 1. The number of nitrogens with one attached hydrogen (secondary N) is 1. The zero-order valence-corrected chi connectivity index (χ0v) is 17.3. The third-order valence-corrected chi connectivity index (χ3v) is 7.10. The Kier molecular flexibility index (Phi) is 4.91. The molecule has 4 aliphatic heterocycles. The number of rotatable bonds is 4. The second kappa shape index (κ2) is 7.32. The smallest absolute Gasteiger partial charge is 0.318 e. The molecule has 7 nitrogen and oxygen atoms in total. The second-order valence-electron chi connectivity index (χ2n) is 9.57. The summed E-state index contributed by atoms with van der Waals surface area (Å²) >= 11 is 0. The molecule has 8 heteroatoms. The molecule has 0 spiro atoms. The summed E-state index contributed by atoms with van der Waals surface area (Å²) in [4.78, 5) is 13.9. The van der Waals surface area contributed by atoms with Crippen LogP contribution in [0.5, 0.6) is 6.01 Å². The first-order valence-electron chi connectivity index (χ1n) is 11.0. The first kappa shape index (κ1) is 19.5. The van der Waals surface area contributed by atoms with Crippen LogP contribution in [0.4, 0.5) is 10.2 Å². The molecule has 0 amide bonds. The van der Waals surface area contributed by atoms with Crippen LogP contribution >= 0.6 is 0 Å². The SMILES string of the molecule is C[C@@]1(O)CCCN(c2nc(OC[C@@]34CCCN3C[C@H](F)C4)nc3c2CCNC3)C1. The number of hydrogen-bond donors (Lipinski definition) is 2. The normalized spacial score (nSPS) is 34.9. The van der Waals surface area contributed by atoms with E-state index in [1.807, 2.05) is 6.92 Å². The maximum absolute atomic E-state index is 14.1. The number of fused-ring (bicyclic) bond motifs is 2. The highest BCUT2D eigenvalue weighted by Gasteiger charge is 2.49. The molecule has 0 radical (unpaired) electrons. The molecule has 5 heterocycles. The van der Waals surface area contributed by atoms with Gasteiger partial charge < -0.3 is 20.1 Å². The third-order valence-electron chi connectivity index (χ3n) is 7.10. The average molecular weight is 406 g/mol. The molecule has 0 bridgehead atoms. The largest absolute Gasteiger partial charge is 0.461 e. The van der Waals surface area contributed by atoms with Gasteiger partial charge in [-0.3, -0.25) is 4.90 Å². The molecule has 2 N–H and O–H groups in total. The second-order valence-corrected chi connectivity index (χ2v) is 9.57. The summed E-state index contributed by atoms with van der Waals surface area (Å²) in [7, 11) is 0. The van der Waals surface area contributed by atoms with Crippen molar-refractivity contribution in [1.29, 1.82) is 0 Å². The van der Waals surface area contributed by atoms with Crippen molar-refractivity contribution in [3.8, 4) is 6.01 Å². The summed E-state index contributed by atoms with van der Waals surface area (Å²) in [5.74, 6) is 0.905. The van der Waals surface area contributed by atoms with Crippen molar-refractivity contribution >= 4 is 5.82 Å². The van der Waals surface area contributed by atoms with Crippen LogP contribution < -0.4 is 15.0 Å². The van der Waals surface area contributed by atoms with Crippen molar-refractivity contribution in [3.05, 3.63) is 11.3 Å². The summed E-state index contributed by atoms with van der Waals surface area (Å²) in [5.41, 5.74) is 1.25. The van der Waals surface area contributed by atoms with Crippen LogP contribution in [0.25, 0.3) is 0 Å². The Bertz CT molecular complexity index is 776. The maximum Gasteiger partial charge on any atom is 0.318 e. The standard InChI is InChI=1S/C21H32FN5O2/c1-20(28)5-2-8-26(13-20)18-16-4-7-23-11-17(16)24-19(25-18)29-14-21-6-3-9-27(21)12-15(22)10-21/h15,23,28H,2-14H2,1H3/t15-,20-,21+/m1/s1. The molecule has 3 fully saturated rings. The lowest BCUT2D eigenvalue weighted by Crippen LogP contribution is -2.47. The number of hydrogen-bond acceptors (Lipinski definition) is 7. The average Bonchev–Trinajstić information content (AvgIpc) is 3.20. The Morgan fingerprint density at radius 3 is 3.00 bits per heavy atom. The molecule has 3 saturated heterocycles. The first-order valence-corrected chi connectivity index (χ1v) is 11.0. The molecular formula is C21H32FN5O2. The molecule has 0 aliphatic carbocycles. The van der Waals surface area contributed by atoms with Gasteiger partial charge in [-0.05, 0) is 52.1 Å².